The minimum absolute atomic E-state index is 0.257. The van der Waals surface area contributed by atoms with Gasteiger partial charge in [0.25, 0.3) is 0 Å². The third-order valence-electron chi connectivity index (χ3n) is 2.70. The summed E-state index contributed by atoms with van der Waals surface area (Å²) in [6.07, 6.45) is 0. The quantitative estimate of drug-likeness (QED) is 0.850. The largest absolute Gasteiger partial charge is 0.507 e. The molecule has 0 aromatic heterocycles. The zero-order valence-electron chi connectivity index (χ0n) is 9.68. The molecule has 17 heavy (non-hydrogen) atoms. The van der Waals surface area contributed by atoms with Crippen LogP contribution in [0.15, 0.2) is 42.5 Å². The van der Waals surface area contributed by atoms with Crippen LogP contribution in [0.2, 0.25) is 0 Å². The fourth-order valence-corrected chi connectivity index (χ4v) is 1.71. The maximum absolute atomic E-state index is 9.84. The van der Waals surface area contributed by atoms with Gasteiger partial charge in [0, 0.05) is 12.1 Å². The summed E-state index contributed by atoms with van der Waals surface area (Å²) in [5.74, 6) is 1.05. The molecule has 0 aliphatic rings. The minimum Gasteiger partial charge on any atom is -0.507 e. The average molecular weight is 229 g/mol. The fraction of sp³-hybridized carbons (Fsp3) is 0.143. The van der Waals surface area contributed by atoms with Crippen molar-refractivity contribution in [2.75, 3.05) is 7.11 Å². The molecule has 0 spiro atoms. The zero-order valence-corrected chi connectivity index (χ0v) is 9.68. The van der Waals surface area contributed by atoms with Gasteiger partial charge in [0.15, 0.2) is 0 Å². The van der Waals surface area contributed by atoms with E-state index >= 15 is 0 Å². The summed E-state index contributed by atoms with van der Waals surface area (Å²) >= 11 is 0. The number of nitrogens with two attached hydrogens (primary N) is 1. The van der Waals surface area contributed by atoms with Crippen LogP contribution in [-0.2, 0) is 6.54 Å². The highest BCUT2D eigenvalue weighted by Crippen LogP contribution is 2.31. The van der Waals surface area contributed by atoms with Gasteiger partial charge in [0.05, 0.1) is 7.11 Å². The summed E-state index contributed by atoms with van der Waals surface area (Å²) in [5, 5.41) is 9.84. The number of rotatable bonds is 3. The van der Waals surface area contributed by atoms with Gasteiger partial charge in [-0.2, -0.15) is 0 Å². The third kappa shape index (κ3) is 2.40. The molecular formula is C14H15NO2. The molecule has 0 aliphatic heterocycles. The van der Waals surface area contributed by atoms with Crippen LogP contribution in [0.25, 0.3) is 11.1 Å². The predicted molar refractivity (Wildman–Crippen MR) is 68.0 cm³/mol. The molecule has 0 bridgehead atoms. The number of phenolic OH excluding ortho intramolecular Hbond substituents is 1. The number of hydrogen-bond donors (Lipinski definition) is 2. The second kappa shape index (κ2) is 4.89. The number of phenols is 1. The van der Waals surface area contributed by atoms with Crippen molar-refractivity contribution in [2.45, 2.75) is 6.54 Å². The zero-order chi connectivity index (χ0) is 12.3. The Hall–Kier alpha value is -2.00. The second-order valence-corrected chi connectivity index (χ2v) is 3.78. The molecule has 0 saturated heterocycles. The van der Waals surface area contributed by atoms with E-state index in [1.54, 1.807) is 13.2 Å². The van der Waals surface area contributed by atoms with Crippen molar-refractivity contribution in [3.63, 3.8) is 0 Å². The van der Waals surface area contributed by atoms with Gasteiger partial charge >= 0.3 is 0 Å². The Bertz CT molecular complexity index is 506. The standard InChI is InChI=1S/C14H15NO2/c1-17-12-5-3-11(4-6-12)13-8-10(9-15)2-7-14(13)16/h2-8,16H,9,15H2,1H3. The average Bonchev–Trinajstić information content (AvgIpc) is 2.39. The van der Waals surface area contributed by atoms with Crippen molar-refractivity contribution in [1.29, 1.82) is 0 Å². The lowest BCUT2D eigenvalue weighted by Crippen LogP contribution is -1.96. The van der Waals surface area contributed by atoms with Crippen LogP contribution >= 0.6 is 0 Å². The molecule has 0 radical (unpaired) electrons. The molecule has 0 amide bonds. The van der Waals surface area contributed by atoms with Crippen molar-refractivity contribution < 1.29 is 9.84 Å². The molecule has 3 heteroatoms. The number of hydrogen-bond acceptors (Lipinski definition) is 3. The van der Waals surface area contributed by atoms with E-state index in [4.69, 9.17) is 10.5 Å². The maximum atomic E-state index is 9.84. The first kappa shape index (κ1) is 11.5. The summed E-state index contributed by atoms with van der Waals surface area (Å²) in [6, 6.07) is 12.9. The Balaban J connectivity index is 2.43. The highest BCUT2D eigenvalue weighted by molar-refractivity contribution is 5.71. The van der Waals surface area contributed by atoms with Crippen molar-refractivity contribution >= 4 is 0 Å². The number of ether oxygens (including phenoxy) is 1. The highest BCUT2D eigenvalue weighted by Gasteiger charge is 2.05. The molecular weight excluding hydrogens is 214 g/mol. The first-order valence-corrected chi connectivity index (χ1v) is 5.41. The second-order valence-electron chi connectivity index (χ2n) is 3.78. The minimum atomic E-state index is 0.257. The van der Waals surface area contributed by atoms with E-state index in [0.717, 1.165) is 22.4 Å². The summed E-state index contributed by atoms with van der Waals surface area (Å²) in [5.41, 5.74) is 8.32. The van der Waals surface area contributed by atoms with Crippen LogP contribution in [0.3, 0.4) is 0 Å². The van der Waals surface area contributed by atoms with E-state index in [-0.39, 0.29) is 5.75 Å². The Labute approximate surface area is 100 Å². The van der Waals surface area contributed by atoms with Crippen LogP contribution in [0, 0.1) is 0 Å². The normalized spacial score (nSPS) is 10.2. The van der Waals surface area contributed by atoms with Gasteiger partial charge in [-0.3, -0.25) is 0 Å². The summed E-state index contributed by atoms with van der Waals surface area (Å²) < 4.78 is 5.10. The molecule has 0 atom stereocenters. The van der Waals surface area contributed by atoms with Gasteiger partial charge in [-0.1, -0.05) is 18.2 Å². The van der Waals surface area contributed by atoms with Gasteiger partial charge in [-0.15, -0.1) is 0 Å². The third-order valence-corrected chi connectivity index (χ3v) is 2.70. The molecule has 0 unspecified atom stereocenters. The predicted octanol–water partition coefficient (Wildman–Crippen LogP) is 2.53. The molecule has 88 valence electrons. The maximum Gasteiger partial charge on any atom is 0.123 e. The highest BCUT2D eigenvalue weighted by atomic mass is 16.5. The molecule has 2 aromatic rings. The van der Waals surface area contributed by atoms with Gasteiger partial charge in [0.2, 0.25) is 0 Å². The number of methoxy groups -OCH3 is 1. The van der Waals surface area contributed by atoms with Gasteiger partial charge in [-0.25, -0.2) is 0 Å². The van der Waals surface area contributed by atoms with E-state index in [9.17, 15) is 5.11 Å². The molecule has 3 nitrogen and oxygen atoms in total. The summed E-state index contributed by atoms with van der Waals surface area (Å²) in [7, 11) is 1.63. The lowest BCUT2D eigenvalue weighted by atomic mass is 10.0. The Morgan fingerprint density at radius 2 is 1.82 bits per heavy atom. The monoisotopic (exact) mass is 229 g/mol. The Morgan fingerprint density at radius 1 is 1.12 bits per heavy atom. The van der Waals surface area contributed by atoms with E-state index < -0.39 is 0 Å². The van der Waals surface area contributed by atoms with Crippen LogP contribution < -0.4 is 10.5 Å². The molecule has 2 rings (SSSR count). The van der Waals surface area contributed by atoms with E-state index in [1.165, 1.54) is 0 Å². The van der Waals surface area contributed by atoms with Gasteiger partial charge in [0.1, 0.15) is 11.5 Å². The summed E-state index contributed by atoms with van der Waals surface area (Å²) in [6.45, 7) is 0.462. The van der Waals surface area contributed by atoms with Crippen LogP contribution in [0.5, 0.6) is 11.5 Å². The van der Waals surface area contributed by atoms with Crippen LogP contribution in [0.1, 0.15) is 5.56 Å². The SMILES string of the molecule is COc1ccc(-c2cc(CN)ccc2O)cc1. The fourth-order valence-electron chi connectivity index (χ4n) is 1.71. The van der Waals surface area contributed by atoms with Gasteiger partial charge in [-0.05, 0) is 35.4 Å². The first-order chi connectivity index (χ1) is 8.24. The topological polar surface area (TPSA) is 55.5 Å². The van der Waals surface area contributed by atoms with Crippen molar-refractivity contribution in [3.8, 4) is 22.6 Å². The van der Waals surface area contributed by atoms with Crippen molar-refractivity contribution in [2.24, 2.45) is 5.73 Å². The van der Waals surface area contributed by atoms with E-state index in [0.29, 0.717) is 6.54 Å². The van der Waals surface area contributed by atoms with Crippen molar-refractivity contribution in [3.05, 3.63) is 48.0 Å². The van der Waals surface area contributed by atoms with Crippen LogP contribution in [0.4, 0.5) is 0 Å². The molecule has 3 N–H and O–H groups in total. The summed E-state index contributed by atoms with van der Waals surface area (Å²) in [4.78, 5) is 0. The van der Waals surface area contributed by atoms with Crippen LogP contribution in [-0.4, -0.2) is 12.2 Å². The number of aromatic hydroxyl groups is 1. The number of benzene rings is 2. The van der Waals surface area contributed by atoms with Crippen molar-refractivity contribution in [1.82, 2.24) is 0 Å². The lowest BCUT2D eigenvalue weighted by molar-refractivity contribution is 0.415. The molecule has 2 aromatic carbocycles. The Morgan fingerprint density at radius 3 is 2.41 bits per heavy atom. The van der Waals surface area contributed by atoms with Gasteiger partial charge < -0.3 is 15.6 Å². The van der Waals surface area contributed by atoms with E-state index in [2.05, 4.69) is 0 Å². The first-order valence-electron chi connectivity index (χ1n) is 5.41. The smallest absolute Gasteiger partial charge is 0.123 e. The molecule has 0 saturated carbocycles. The van der Waals surface area contributed by atoms with E-state index in [1.807, 2.05) is 36.4 Å². The molecule has 0 heterocycles. The molecule has 0 aliphatic carbocycles. The Kier molecular flexibility index (Phi) is 3.30. The lowest BCUT2D eigenvalue weighted by Gasteiger charge is -2.08. The molecule has 0 fully saturated rings.